The molecule has 2 rings (SSSR count). The first kappa shape index (κ1) is 13.4. The Morgan fingerprint density at radius 1 is 1.32 bits per heavy atom. The number of benzene rings is 1. The van der Waals surface area contributed by atoms with Crippen molar-refractivity contribution in [1.29, 1.82) is 5.26 Å². The predicted octanol–water partition coefficient (Wildman–Crippen LogP) is 3.43. The molecule has 0 atom stereocenters. The van der Waals surface area contributed by atoms with Crippen molar-refractivity contribution in [3.63, 3.8) is 0 Å². The van der Waals surface area contributed by atoms with Crippen LogP contribution in [0.15, 0.2) is 35.3 Å². The molecule has 0 aliphatic carbocycles. The minimum atomic E-state index is 0.0331. The lowest BCUT2D eigenvalue weighted by molar-refractivity contribution is 0.636. The van der Waals surface area contributed by atoms with E-state index in [1.54, 1.807) is 4.57 Å². The third-order valence-corrected chi connectivity index (χ3v) is 3.36. The maximum atomic E-state index is 12.3. The van der Waals surface area contributed by atoms with Gasteiger partial charge >= 0.3 is 0 Å². The van der Waals surface area contributed by atoms with Gasteiger partial charge in [0.1, 0.15) is 0 Å². The smallest absolute Gasteiger partial charge is 0.258 e. The van der Waals surface area contributed by atoms with Crippen LogP contribution in [0, 0.1) is 11.3 Å². The van der Waals surface area contributed by atoms with E-state index in [0.717, 1.165) is 10.8 Å². The third kappa shape index (κ3) is 2.85. The topological polar surface area (TPSA) is 45.8 Å². The van der Waals surface area contributed by atoms with E-state index in [4.69, 9.17) is 5.26 Å². The number of fused-ring (bicyclic) bond motifs is 1. The van der Waals surface area contributed by atoms with Crippen LogP contribution in [-0.2, 0) is 6.54 Å². The van der Waals surface area contributed by atoms with Crippen LogP contribution in [0.2, 0.25) is 0 Å². The van der Waals surface area contributed by atoms with E-state index >= 15 is 0 Å². The molecule has 0 bridgehead atoms. The van der Waals surface area contributed by atoms with Crippen molar-refractivity contribution < 1.29 is 0 Å². The Hall–Kier alpha value is -2.08. The molecule has 3 heteroatoms. The van der Waals surface area contributed by atoms with Crippen molar-refractivity contribution in [2.75, 3.05) is 0 Å². The average molecular weight is 254 g/mol. The molecule has 0 fully saturated rings. The largest absolute Gasteiger partial charge is 0.315 e. The summed E-state index contributed by atoms with van der Waals surface area (Å²) in [4.78, 5) is 12.3. The molecule has 1 aromatic heterocycles. The molecule has 0 amide bonds. The van der Waals surface area contributed by atoms with Gasteiger partial charge in [-0.1, -0.05) is 26.0 Å². The molecule has 0 unspecified atom stereocenters. The van der Waals surface area contributed by atoms with Crippen LogP contribution in [-0.4, -0.2) is 4.57 Å². The maximum absolute atomic E-state index is 12.3. The second kappa shape index (κ2) is 5.71. The Kier molecular flexibility index (Phi) is 4.01. The minimum Gasteiger partial charge on any atom is -0.315 e. The van der Waals surface area contributed by atoms with Gasteiger partial charge in [0, 0.05) is 24.5 Å². The number of rotatable bonds is 4. The predicted molar refractivity (Wildman–Crippen MR) is 77.1 cm³/mol. The molecule has 0 aliphatic rings. The fourth-order valence-electron chi connectivity index (χ4n) is 2.17. The van der Waals surface area contributed by atoms with E-state index < -0.39 is 0 Å². The number of pyridine rings is 1. The zero-order valence-electron chi connectivity index (χ0n) is 11.4. The summed E-state index contributed by atoms with van der Waals surface area (Å²) in [6.07, 6.45) is 3.02. The fourth-order valence-corrected chi connectivity index (χ4v) is 2.17. The first-order chi connectivity index (χ1) is 9.13. The quantitative estimate of drug-likeness (QED) is 0.785. The number of unbranched alkanes of at least 4 members (excludes halogenated alkanes) is 1. The normalized spacial score (nSPS) is 10.8. The first-order valence-corrected chi connectivity index (χ1v) is 6.63. The molecule has 0 saturated heterocycles. The van der Waals surface area contributed by atoms with Crippen LogP contribution < -0.4 is 5.56 Å². The van der Waals surface area contributed by atoms with E-state index in [1.165, 1.54) is 5.56 Å². The summed E-state index contributed by atoms with van der Waals surface area (Å²) in [6.45, 7) is 4.89. The number of aromatic nitrogens is 1. The summed E-state index contributed by atoms with van der Waals surface area (Å²) in [5, 5.41) is 10.3. The summed E-state index contributed by atoms with van der Waals surface area (Å²) in [7, 11) is 0. The molecule has 98 valence electrons. The van der Waals surface area contributed by atoms with Crippen LogP contribution in [0.4, 0.5) is 0 Å². The van der Waals surface area contributed by atoms with Crippen LogP contribution in [0.5, 0.6) is 0 Å². The first-order valence-electron chi connectivity index (χ1n) is 6.63. The highest BCUT2D eigenvalue weighted by Crippen LogP contribution is 2.19. The summed E-state index contributed by atoms with van der Waals surface area (Å²) >= 11 is 0. The molecule has 0 radical (unpaired) electrons. The average Bonchev–Trinajstić information content (AvgIpc) is 2.41. The number of aryl methyl sites for hydroxylation is 1. The molecule has 3 nitrogen and oxygen atoms in total. The summed E-state index contributed by atoms with van der Waals surface area (Å²) in [5.41, 5.74) is 1.28. The van der Waals surface area contributed by atoms with E-state index in [-0.39, 0.29) is 5.56 Å². The summed E-state index contributed by atoms with van der Waals surface area (Å²) in [6, 6.07) is 10.1. The lowest BCUT2D eigenvalue weighted by Crippen LogP contribution is -2.19. The summed E-state index contributed by atoms with van der Waals surface area (Å²) < 4.78 is 1.69. The molecular formula is C16H18N2O. The van der Waals surface area contributed by atoms with E-state index in [0.29, 0.717) is 25.3 Å². The maximum Gasteiger partial charge on any atom is 0.258 e. The van der Waals surface area contributed by atoms with E-state index in [2.05, 4.69) is 26.0 Å². The van der Waals surface area contributed by atoms with Crippen molar-refractivity contribution in [2.45, 2.75) is 39.2 Å². The van der Waals surface area contributed by atoms with E-state index in [1.807, 2.05) is 24.4 Å². The van der Waals surface area contributed by atoms with Gasteiger partial charge in [-0.25, -0.2) is 0 Å². The highest BCUT2D eigenvalue weighted by Gasteiger charge is 2.05. The monoisotopic (exact) mass is 254 g/mol. The Balaban J connectivity index is 2.40. The van der Waals surface area contributed by atoms with Gasteiger partial charge in [0.05, 0.1) is 6.07 Å². The second-order valence-electron chi connectivity index (χ2n) is 5.08. The van der Waals surface area contributed by atoms with Crippen molar-refractivity contribution in [1.82, 2.24) is 4.57 Å². The van der Waals surface area contributed by atoms with Gasteiger partial charge in [-0.2, -0.15) is 5.26 Å². The van der Waals surface area contributed by atoms with Crippen LogP contribution in [0.3, 0.4) is 0 Å². The van der Waals surface area contributed by atoms with Crippen LogP contribution in [0.1, 0.15) is 38.2 Å². The fraction of sp³-hybridized carbons (Fsp3) is 0.375. The van der Waals surface area contributed by atoms with E-state index in [9.17, 15) is 4.79 Å². The van der Waals surface area contributed by atoms with Gasteiger partial charge in [0.25, 0.3) is 5.56 Å². The minimum absolute atomic E-state index is 0.0331. The Labute approximate surface area is 113 Å². The van der Waals surface area contributed by atoms with Gasteiger partial charge in [-0.3, -0.25) is 4.79 Å². The van der Waals surface area contributed by atoms with Gasteiger partial charge in [0.15, 0.2) is 0 Å². The standard InChI is InChI=1S/C16H18N2O/c1-12(2)13-5-6-15-14(11-13)7-10-18(16(15)19)9-4-3-8-17/h5-7,10-12H,3-4,9H2,1-2H3. The van der Waals surface area contributed by atoms with Crippen molar-refractivity contribution in [2.24, 2.45) is 0 Å². The molecule has 1 aromatic carbocycles. The molecule has 0 saturated carbocycles. The Bertz CT molecular complexity index is 677. The Morgan fingerprint density at radius 3 is 2.79 bits per heavy atom. The molecule has 19 heavy (non-hydrogen) atoms. The van der Waals surface area contributed by atoms with Crippen molar-refractivity contribution >= 4 is 10.8 Å². The van der Waals surface area contributed by atoms with Gasteiger partial charge in [0.2, 0.25) is 0 Å². The van der Waals surface area contributed by atoms with Gasteiger partial charge in [-0.15, -0.1) is 0 Å². The molecular weight excluding hydrogens is 236 g/mol. The second-order valence-corrected chi connectivity index (χ2v) is 5.08. The van der Waals surface area contributed by atoms with Crippen molar-refractivity contribution in [3.8, 4) is 6.07 Å². The van der Waals surface area contributed by atoms with Gasteiger partial charge < -0.3 is 4.57 Å². The lowest BCUT2D eigenvalue weighted by atomic mass is 10.0. The molecule has 1 heterocycles. The summed E-state index contributed by atoms with van der Waals surface area (Å²) in [5.74, 6) is 0.461. The zero-order valence-corrected chi connectivity index (χ0v) is 11.4. The van der Waals surface area contributed by atoms with Crippen molar-refractivity contribution in [3.05, 3.63) is 46.4 Å². The zero-order chi connectivity index (χ0) is 13.8. The highest BCUT2D eigenvalue weighted by atomic mass is 16.1. The lowest BCUT2D eigenvalue weighted by Gasteiger charge is -2.09. The number of nitrogens with zero attached hydrogens (tertiary/aromatic N) is 2. The number of hydrogen-bond donors (Lipinski definition) is 0. The van der Waals surface area contributed by atoms with Crippen LogP contribution in [0.25, 0.3) is 10.8 Å². The number of hydrogen-bond acceptors (Lipinski definition) is 2. The molecule has 0 N–H and O–H groups in total. The third-order valence-electron chi connectivity index (χ3n) is 3.36. The van der Waals surface area contributed by atoms with Gasteiger partial charge in [-0.05, 0) is 35.4 Å². The molecule has 0 spiro atoms. The SMILES string of the molecule is CC(C)c1ccc2c(=O)n(CCCC#N)ccc2c1. The van der Waals surface area contributed by atoms with Crippen LogP contribution >= 0.6 is 0 Å². The molecule has 0 aliphatic heterocycles. The number of nitriles is 1. The molecule has 2 aromatic rings. The Morgan fingerprint density at radius 2 is 2.11 bits per heavy atom. The highest BCUT2D eigenvalue weighted by molar-refractivity contribution is 5.82.